The van der Waals surface area contributed by atoms with E-state index >= 15 is 0 Å². The summed E-state index contributed by atoms with van der Waals surface area (Å²) in [4.78, 5) is 6.16. The van der Waals surface area contributed by atoms with E-state index in [0.717, 1.165) is 12.1 Å². The minimum absolute atomic E-state index is 0.00492. The van der Waals surface area contributed by atoms with Crippen molar-refractivity contribution in [3.63, 3.8) is 0 Å². The number of nitrogens with one attached hydrogen (secondary N) is 2. The lowest BCUT2D eigenvalue weighted by molar-refractivity contribution is 0.213. The number of benzene rings is 1. The van der Waals surface area contributed by atoms with Crippen molar-refractivity contribution >= 4 is 16.0 Å². The van der Waals surface area contributed by atoms with E-state index in [1.165, 1.54) is 12.1 Å². The average molecular weight is 300 g/mol. The smallest absolute Gasteiger partial charge is 0.264 e. The molecule has 8 heteroatoms. The molecule has 2 N–H and O–H groups in total. The summed E-state index contributed by atoms with van der Waals surface area (Å²) in [5.74, 6) is -0.282. The number of sulfonamides is 1. The van der Waals surface area contributed by atoms with E-state index in [9.17, 15) is 12.8 Å². The zero-order valence-corrected chi connectivity index (χ0v) is 12.1. The number of hydrogen-bond acceptors (Lipinski definition) is 5. The minimum atomic E-state index is -3.74. The Hall–Kier alpha value is -1.67. The Morgan fingerprint density at radius 2 is 2.00 bits per heavy atom. The Morgan fingerprint density at radius 3 is 2.50 bits per heavy atom. The monoisotopic (exact) mass is 300 g/mol. The average Bonchev–Trinajstić information content (AvgIpc) is 2.39. The first-order chi connectivity index (χ1) is 9.38. The molecule has 1 heterocycles. The van der Waals surface area contributed by atoms with E-state index in [1.54, 1.807) is 0 Å². The maximum atomic E-state index is 12.8. The lowest BCUT2D eigenvalue weighted by atomic mass is 10.3. The Bertz CT molecular complexity index is 598. The van der Waals surface area contributed by atoms with Crippen LogP contribution in [0.5, 0.6) is 0 Å². The van der Waals surface area contributed by atoms with Crippen molar-refractivity contribution in [1.29, 1.82) is 0 Å². The van der Waals surface area contributed by atoms with Gasteiger partial charge in [-0.3, -0.25) is 4.90 Å². The van der Waals surface area contributed by atoms with Gasteiger partial charge in [0.15, 0.2) is 0 Å². The van der Waals surface area contributed by atoms with Crippen LogP contribution in [0, 0.1) is 5.82 Å². The molecule has 1 aromatic rings. The third kappa shape index (κ3) is 3.45. The lowest BCUT2D eigenvalue weighted by Crippen LogP contribution is -2.51. The van der Waals surface area contributed by atoms with Crippen molar-refractivity contribution in [1.82, 2.24) is 14.9 Å². The molecule has 1 aliphatic rings. The van der Waals surface area contributed by atoms with Crippen LogP contribution in [-0.4, -0.2) is 38.7 Å². The van der Waals surface area contributed by atoms with Gasteiger partial charge in [0.05, 0.1) is 18.2 Å². The van der Waals surface area contributed by atoms with E-state index in [-0.39, 0.29) is 10.9 Å². The molecular formula is C12H17FN4O2S. The first-order valence-electron chi connectivity index (χ1n) is 6.19. The Labute approximate surface area is 117 Å². The summed E-state index contributed by atoms with van der Waals surface area (Å²) in [7, 11) is -3.74. The lowest BCUT2D eigenvalue weighted by Gasteiger charge is -2.29. The van der Waals surface area contributed by atoms with Crippen LogP contribution in [-0.2, 0) is 10.0 Å². The van der Waals surface area contributed by atoms with Crippen molar-refractivity contribution in [3.8, 4) is 0 Å². The second-order valence-electron chi connectivity index (χ2n) is 4.72. The highest BCUT2D eigenvalue weighted by Gasteiger charge is 2.20. The molecule has 0 spiro atoms. The molecule has 0 radical (unpaired) electrons. The fourth-order valence-electron chi connectivity index (χ4n) is 1.66. The zero-order chi connectivity index (χ0) is 14.8. The molecule has 0 fully saturated rings. The highest BCUT2D eigenvalue weighted by atomic mass is 32.2. The number of halogens is 1. The highest BCUT2D eigenvalue weighted by Crippen LogP contribution is 2.10. The molecular weight excluding hydrogens is 283 g/mol. The topological polar surface area (TPSA) is 73.8 Å². The Balaban J connectivity index is 2.08. The van der Waals surface area contributed by atoms with E-state index < -0.39 is 15.8 Å². The van der Waals surface area contributed by atoms with Crippen molar-refractivity contribution in [2.45, 2.75) is 24.8 Å². The fraction of sp³-hybridized carbons (Fsp3) is 0.417. The van der Waals surface area contributed by atoms with Gasteiger partial charge in [-0.1, -0.05) is 0 Å². The molecule has 0 aliphatic carbocycles. The quantitative estimate of drug-likeness (QED) is 0.861. The van der Waals surface area contributed by atoms with E-state index in [0.29, 0.717) is 19.4 Å². The maximum Gasteiger partial charge on any atom is 0.264 e. The normalized spacial score (nSPS) is 16.7. The van der Waals surface area contributed by atoms with Crippen molar-refractivity contribution in [2.75, 3.05) is 13.3 Å². The molecule has 110 valence electrons. The van der Waals surface area contributed by atoms with Crippen molar-refractivity contribution < 1.29 is 12.8 Å². The van der Waals surface area contributed by atoms with Crippen LogP contribution in [0.4, 0.5) is 4.39 Å². The number of nitrogens with zero attached hydrogens (tertiary/aromatic N) is 2. The molecule has 1 aromatic carbocycles. The molecule has 0 saturated heterocycles. The molecule has 0 amide bonds. The molecule has 6 nitrogen and oxygen atoms in total. The van der Waals surface area contributed by atoms with Crippen LogP contribution >= 0.6 is 0 Å². The van der Waals surface area contributed by atoms with Gasteiger partial charge in [-0.25, -0.2) is 22.5 Å². The van der Waals surface area contributed by atoms with Crippen LogP contribution in [0.2, 0.25) is 0 Å². The Kier molecular flexibility index (Phi) is 4.24. The predicted octanol–water partition coefficient (Wildman–Crippen LogP) is 0.689. The van der Waals surface area contributed by atoms with Crippen LogP contribution in [0.25, 0.3) is 0 Å². The summed E-state index contributed by atoms with van der Waals surface area (Å²) < 4.78 is 39.3. The van der Waals surface area contributed by atoms with Gasteiger partial charge in [0.25, 0.3) is 10.0 Å². The van der Waals surface area contributed by atoms with E-state index in [4.69, 9.17) is 0 Å². The summed E-state index contributed by atoms with van der Waals surface area (Å²) in [6, 6.07) is 4.95. The SMILES string of the molecule is CC(C)N1CN=C(NS(=O)(=O)c2ccc(F)cc2)NC1. The van der Waals surface area contributed by atoms with Gasteiger partial charge in [-0.15, -0.1) is 0 Å². The number of aliphatic imine (C=N–C) groups is 1. The van der Waals surface area contributed by atoms with Gasteiger partial charge in [0, 0.05) is 6.04 Å². The van der Waals surface area contributed by atoms with Gasteiger partial charge >= 0.3 is 0 Å². The molecule has 0 atom stereocenters. The summed E-state index contributed by atoms with van der Waals surface area (Å²) >= 11 is 0. The van der Waals surface area contributed by atoms with Crippen LogP contribution in [0.3, 0.4) is 0 Å². The number of hydrogen-bond donors (Lipinski definition) is 2. The largest absolute Gasteiger partial charge is 0.343 e. The van der Waals surface area contributed by atoms with Gasteiger partial charge < -0.3 is 5.32 Å². The summed E-state index contributed by atoms with van der Waals surface area (Å²) in [5.41, 5.74) is 0. The van der Waals surface area contributed by atoms with Crippen molar-refractivity contribution in [2.24, 2.45) is 4.99 Å². The summed E-state index contributed by atoms with van der Waals surface area (Å²) in [5, 5.41) is 2.90. The minimum Gasteiger partial charge on any atom is -0.343 e. The predicted molar refractivity (Wildman–Crippen MR) is 74.0 cm³/mol. The number of rotatable bonds is 3. The standard InChI is InChI=1S/C12H17FN4O2S/c1-9(2)17-7-14-12(15-8-17)16-20(18,19)11-5-3-10(13)4-6-11/h3-6,9H,7-8H2,1-2H3,(H2,14,15,16). The van der Waals surface area contributed by atoms with Crippen LogP contribution in [0.1, 0.15) is 13.8 Å². The summed E-state index contributed by atoms with van der Waals surface area (Å²) in [6.45, 7) is 5.00. The summed E-state index contributed by atoms with van der Waals surface area (Å²) in [6.07, 6.45) is 0. The molecule has 0 saturated carbocycles. The third-order valence-corrected chi connectivity index (χ3v) is 4.30. The molecule has 0 unspecified atom stereocenters. The van der Waals surface area contributed by atoms with E-state index in [1.807, 2.05) is 18.7 Å². The first-order valence-corrected chi connectivity index (χ1v) is 7.67. The zero-order valence-electron chi connectivity index (χ0n) is 11.3. The third-order valence-electron chi connectivity index (χ3n) is 2.95. The second-order valence-corrected chi connectivity index (χ2v) is 6.41. The maximum absolute atomic E-state index is 12.8. The molecule has 0 aromatic heterocycles. The fourth-order valence-corrected chi connectivity index (χ4v) is 2.66. The van der Waals surface area contributed by atoms with Crippen molar-refractivity contribution in [3.05, 3.63) is 30.1 Å². The molecule has 1 aliphatic heterocycles. The molecule has 0 bridgehead atoms. The number of guanidine groups is 1. The molecule has 20 heavy (non-hydrogen) atoms. The second kappa shape index (κ2) is 5.76. The van der Waals surface area contributed by atoms with Gasteiger partial charge in [-0.05, 0) is 38.1 Å². The van der Waals surface area contributed by atoms with Crippen LogP contribution in [0.15, 0.2) is 34.2 Å². The highest BCUT2D eigenvalue weighted by molar-refractivity contribution is 7.90. The first kappa shape index (κ1) is 14.7. The van der Waals surface area contributed by atoms with E-state index in [2.05, 4.69) is 15.0 Å². The van der Waals surface area contributed by atoms with Gasteiger partial charge in [-0.2, -0.15) is 0 Å². The van der Waals surface area contributed by atoms with Gasteiger partial charge in [0.1, 0.15) is 5.82 Å². The Morgan fingerprint density at radius 1 is 1.35 bits per heavy atom. The van der Waals surface area contributed by atoms with Crippen LogP contribution < -0.4 is 10.0 Å². The molecule has 2 rings (SSSR count). The van der Waals surface area contributed by atoms with Gasteiger partial charge in [0.2, 0.25) is 5.96 Å².